The smallest absolute Gasteiger partial charge is 0.328 e. The first-order valence-corrected chi connectivity index (χ1v) is 6.47. The van der Waals surface area contributed by atoms with Crippen LogP contribution < -0.4 is 0 Å². The molecule has 1 N–H and O–H groups in total. The third-order valence-corrected chi connectivity index (χ3v) is 3.20. The molecule has 0 unspecified atom stereocenters. The number of amides is 1. The van der Waals surface area contributed by atoms with E-state index in [1.54, 1.807) is 24.3 Å². The third-order valence-electron chi connectivity index (χ3n) is 3.20. The highest BCUT2D eigenvalue weighted by Crippen LogP contribution is 2.14. The molecular formula is C15H17NO3. The summed E-state index contributed by atoms with van der Waals surface area (Å²) >= 11 is 0. The average molecular weight is 259 g/mol. The molecule has 1 heterocycles. The predicted molar refractivity (Wildman–Crippen MR) is 72.9 cm³/mol. The van der Waals surface area contributed by atoms with Crippen LogP contribution in [0.5, 0.6) is 0 Å². The monoisotopic (exact) mass is 259 g/mol. The fraction of sp³-hybridized carbons (Fsp3) is 0.333. The van der Waals surface area contributed by atoms with Crippen LogP contribution in [-0.2, 0) is 4.79 Å². The number of hydrogen-bond donors (Lipinski definition) is 1. The second kappa shape index (κ2) is 6.18. The van der Waals surface area contributed by atoms with Crippen molar-refractivity contribution in [1.29, 1.82) is 0 Å². The van der Waals surface area contributed by atoms with Gasteiger partial charge in [-0.2, -0.15) is 0 Å². The van der Waals surface area contributed by atoms with Gasteiger partial charge in [-0.15, -0.1) is 0 Å². The van der Waals surface area contributed by atoms with E-state index in [0.717, 1.165) is 37.6 Å². The maximum atomic E-state index is 12.3. The molecule has 0 saturated carbocycles. The molecule has 1 saturated heterocycles. The summed E-state index contributed by atoms with van der Waals surface area (Å²) < 4.78 is 0. The first kappa shape index (κ1) is 13.3. The Kier molecular flexibility index (Phi) is 4.34. The van der Waals surface area contributed by atoms with Crippen LogP contribution in [0.4, 0.5) is 0 Å². The minimum Gasteiger partial charge on any atom is -0.478 e. The SMILES string of the molecule is O=C(O)C=Cc1cccc(C(=O)N2CCCCC2)c1. The lowest BCUT2D eigenvalue weighted by molar-refractivity contribution is -0.131. The van der Waals surface area contributed by atoms with Gasteiger partial charge in [-0.05, 0) is 43.0 Å². The normalized spacial score (nSPS) is 15.7. The van der Waals surface area contributed by atoms with Gasteiger partial charge in [0.15, 0.2) is 0 Å². The van der Waals surface area contributed by atoms with E-state index in [1.807, 2.05) is 4.90 Å². The zero-order chi connectivity index (χ0) is 13.7. The van der Waals surface area contributed by atoms with E-state index in [1.165, 1.54) is 12.5 Å². The fourth-order valence-electron chi connectivity index (χ4n) is 2.22. The van der Waals surface area contributed by atoms with E-state index in [9.17, 15) is 9.59 Å². The van der Waals surface area contributed by atoms with Gasteiger partial charge in [0.1, 0.15) is 0 Å². The Bertz CT molecular complexity index is 502. The molecule has 0 aliphatic carbocycles. The molecule has 1 fully saturated rings. The molecule has 0 aromatic heterocycles. The number of rotatable bonds is 3. The van der Waals surface area contributed by atoms with Crippen LogP contribution in [0.15, 0.2) is 30.3 Å². The van der Waals surface area contributed by atoms with Crippen molar-refractivity contribution in [1.82, 2.24) is 4.90 Å². The van der Waals surface area contributed by atoms with Crippen LogP contribution in [0, 0.1) is 0 Å². The van der Waals surface area contributed by atoms with Gasteiger partial charge >= 0.3 is 5.97 Å². The Hall–Kier alpha value is -2.10. The van der Waals surface area contributed by atoms with Crippen molar-refractivity contribution in [3.05, 3.63) is 41.5 Å². The van der Waals surface area contributed by atoms with E-state index in [-0.39, 0.29) is 5.91 Å². The number of carbonyl (C=O) groups excluding carboxylic acids is 1. The van der Waals surface area contributed by atoms with Gasteiger partial charge in [0.05, 0.1) is 0 Å². The molecule has 1 amide bonds. The number of carbonyl (C=O) groups is 2. The first-order chi connectivity index (χ1) is 9.16. The Morgan fingerprint density at radius 1 is 1.16 bits per heavy atom. The molecule has 0 spiro atoms. The number of carboxylic acids is 1. The molecule has 0 bridgehead atoms. The van der Waals surface area contributed by atoms with Crippen molar-refractivity contribution < 1.29 is 14.7 Å². The molecule has 4 nitrogen and oxygen atoms in total. The molecule has 1 aromatic rings. The highest BCUT2D eigenvalue weighted by Gasteiger charge is 2.17. The van der Waals surface area contributed by atoms with Crippen molar-refractivity contribution in [2.75, 3.05) is 13.1 Å². The number of hydrogen-bond acceptors (Lipinski definition) is 2. The fourth-order valence-corrected chi connectivity index (χ4v) is 2.22. The lowest BCUT2D eigenvalue weighted by Crippen LogP contribution is -2.35. The number of benzene rings is 1. The summed E-state index contributed by atoms with van der Waals surface area (Å²) in [6, 6.07) is 7.07. The van der Waals surface area contributed by atoms with Crippen LogP contribution in [-0.4, -0.2) is 35.0 Å². The third kappa shape index (κ3) is 3.68. The molecule has 0 atom stereocenters. The van der Waals surface area contributed by atoms with Gasteiger partial charge in [0.2, 0.25) is 0 Å². The number of likely N-dealkylation sites (tertiary alicyclic amines) is 1. The molecule has 0 radical (unpaired) electrons. The van der Waals surface area contributed by atoms with Crippen LogP contribution in [0.2, 0.25) is 0 Å². The van der Waals surface area contributed by atoms with Gasteiger partial charge < -0.3 is 10.0 Å². The van der Waals surface area contributed by atoms with Crippen molar-refractivity contribution >= 4 is 18.0 Å². The van der Waals surface area contributed by atoms with Crippen LogP contribution in [0.3, 0.4) is 0 Å². The quantitative estimate of drug-likeness (QED) is 0.848. The lowest BCUT2D eigenvalue weighted by atomic mass is 10.1. The van der Waals surface area contributed by atoms with Crippen LogP contribution >= 0.6 is 0 Å². The van der Waals surface area contributed by atoms with Gasteiger partial charge in [0.25, 0.3) is 5.91 Å². The van der Waals surface area contributed by atoms with Crippen molar-refractivity contribution in [2.24, 2.45) is 0 Å². The lowest BCUT2D eigenvalue weighted by Gasteiger charge is -2.26. The second-order valence-electron chi connectivity index (χ2n) is 4.65. The Balaban J connectivity index is 2.13. The molecule has 19 heavy (non-hydrogen) atoms. The molecule has 4 heteroatoms. The van der Waals surface area contributed by atoms with E-state index >= 15 is 0 Å². The van der Waals surface area contributed by atoms with Crippen molar-refractivity contribution in [3.63, 3.8) is 0 Å². The van der Waals surface area contributed by atoms with E-state index < -0.39 is 5.97 Å². The zero-order valence-corrected chi connectivity index (χ0v) is 10.7. The maximum absolute atomic E-state index is 12.3. The minimum atomic E-state index is -0.993. The highest BCUT2D eigenvalue weighted by molar-refractivity contribution is 5.95. The van der Waals surface area contributed by atoms with Crippen molar-refractivity contribution in [2.45, 2.75) is 19.3 Å². The van der Waals surface area contributed by atoms with Gasteiger partial charge in [0, 0.05) is 24.7 Å². The van der Waals surface area contributed by atoms with Crippen LogP contribution in [0.25, 0.3) is 6.08 Å². The summed E-state index contributed by atoms with van der Waals surface area (Å²) in [6.45, 7) is 1.63. The zero-order valence-electron chi connectivity index (χ0n) is 10.7. The standard InChI is InChI=1S/C15H17NO3/c17-14(18)8-7-12-5-4-6-13(11-12)15(19)16-9-2-1-3-10-16/h4-8,11H,1-3,9-10H2,(H,17,18). The number of piperidine rings is 1. The Labute approximate surface area is 112 Å². The summed E-state index contributed by atoms with van der Waals surface area (Å²) in [4.78, 5) is 24.6. The molecule has 1 aliphatic heterocycles. The largest absolute Gasteiger partial charge is 0.478 e. The second-order valence-corrected chi connectivity index (χ2v) is 4.65. The number of carboxylic acid groups (broad SMARTS) is 1. The maximum Gasteiger partial charge on any atom is 0.328 e. The van der Waals surface area contributed by atoms with Crippen LogP contribution in [0.1, 0.15) is 35.2 Å². The first-order valence-electron chi connectivity index (χ1n) is 6.47. The molecular weight excluding hydrogens is 242 g/mol. The van der Waals surface area contributed by atoms with Crippen molar-refractivity contribution in [3.8, 4) is 0 Å². The van der Waals surface area contributed by atoms with E-state index in [4.69, 9.17) is 5.11 Å². The van der Waals surface area contributed by atoms with E-state index in [0.29, 0.717) is 5.56 Å². The molecule has 2 rings (SSSR count). The Morgan fingerprint density at radius 3 is 2.58 bits per heavy atom. The average Bonchev–Trinajstić information content (AvgIpc) is 2.45. The summed E-state index contributed by atoms with van der Waals surface area (Å²) in [7, 11) is 0. The topological polar surface area (TPSA) is 57.6 Å². The van der Waals surface area contributed by atoms with Gasteiger partial charge in [-0.25, -0.2) is 4.79 Å². The van der Waals surface area contributed by atoms with E-state index in [2.05, 4.69) is 0 Å². The van der Waals surface area contributed by atoms with Gasteiger partial charge in [-0.1, -0.05) is 12.1 Å². The predicted octanol–water partition coefficient (Wildman–Crippen LogP) is 2.41. The highest BCUT2D eigenvalue weighted by atomic mass is 16.4. The summed E-state index contributed by atoms with van der Waals surface area (Å²) in [5, 5.41) is 8.60. The minimum absolute atomic E-state index is 0.0327. The Morgan fingerprint density at radius 2 is 1.89 bits per heavy atom. The summed E-state index contributed by atoms with van der Waals surface area (Å²) in [6.07, 6.45) is 5.87. The summed E-state index contributed by atoms with van der Waals surface area (Å²) in [5.41, 5.74) is 1.35. The number of aliphatic carboxylic acids is 1. The molecule has 1 aromatic carbocycles. The molecule has 1 aliphatic rings. The summed E-state index contributed by atoms with van der Waals surface area (Å²) in [5.74, 6) is -0.960. The number of nitrogens with zero attached hydrogens (tertiary/aromatic N) is 1. The van der Waals surface area contributed by atoms with Gasteiger partial charge in [-0.3, -0.25) is 4.79 Å². The molecule has 100 valence electrons.